The normalized spacial score (nSPS) is 10.2. The molecule has 0 unspecified atom stereocenters. The lowest BCUT2D eigenvalue weighted by Gasteiger charge is -2.19. The molecule has 1 amide bonds. The van der Waals surface area contributed by atoms with Crippen LogP contribution in [0, 0.1) is 10.1 Å². The van der Waals surface area contributed by atoms with Crippen molar-refractivity contribution in [2.45, 2.75) is 13.3 Å². The number of rotatable bonds is 6. The van der Waals surface area contributed by atoms with Crippen LogP contribution in [0.5, 0.6) is 0 Å². The van der Waals surface area contributed by atoms with Crippen molar-refractivity contribution in [1.82, 2.24) is 4.90 Å². The molecule has 0 radical (unpaired) electrons. The van der Waals surface area contributed by atoms with Gasteiger partial charge in [0.2, 0.25) is 0 Å². The fourth-order valence-corrected chi connectivity index (χ4v) is 2.60. The van der Waals surface area contributed by atoms with Gasteiger partial charge in [0.1, 0.15) is 0 Å². The van der Waals surface area contributed by atoms with Gasteiger partial charge in [-0.1, -0.05) is 34.2 Å². The van der Waals surface area contributed by atoms with Crippen LogP contribution in [0.15, 0.2) is 12.1 Å². The van der Waals surface area contributed by atoms with Crippen LogP contribution in [-0.2, 0) is 0 Å². The molecule has 94 valence electrons. The lowest BCUT2D eigenvalue weighted by molar-refractivity contribution is -0.380. The maximum atomic E-state index is 12.1. The lowest BCUT2D eigenvalue weighted by atomic mass is 10.3. The number of nitro groups is 1. The Labute approximate surface area is 112 Å². The smallest absolute Gasteiger partial charge is 0.324 e. The topological polar surface area (TPSA) is 63.5 Å². The molecule has 17 heavy (non-hydrogen) atoms. The molecular weight excluding hydrogens is 308 g/mol. The summed E-state index contributed by atoms with van der Waals surface area (Å²) in [6.07, 6.45) is 0.867. The molecule has 1 aromatic rings. The summed E-state index contributed by atoms with van der Waals surface area (Å²) in [4.78, 5) is 24.2. The number of halogens is 1. The Morgan fingerprint density at radius 3 is 2.71 bits per heavy atom. The van der Waals surface area contributed by atoms with E-state index < -0.39 is 4.92 Å². The molecule has 1 aromatic heterocycles. The van der Waals surface area contributed by atoms with Crippen LogP contribution in [0.2, 0.25) is 0 Å². The zero-order valence-corrected chi connectivity index (χ0v) is 11.8. The first-order valence-electron chi connectivity index (χ1n) is 5.19. The molecule has 0 N–H and O–H groups in total. The highest BCUT2D eigenvalue weighted by molar-refractivity contribution is 9.09. The molecular formula is C10H13BrN2O3S. The SMILES string of the molecule is CCCN(CCBr)C(=O)c1ccc([N+](=O)[O-])s1. The monoisotopic (exact) mass is 320 g/mol. The second-order valence-electron chi connectivity index (χ2n) is 3.38. The van der Waals surface area contributed by atoms with E-state index in [0.29, 0.717) is 23.3 Å². The van der Waals surface area contributed by atoms with Crippen molar-refractivity contribution < 1.29 is 9.72 Å². The minimum atomic E-state index is -0.476. The number of hydrogen-bond donors (Lipinski definition) is 0. The van der Waals surface area contributed by atoms with E-state index in [9.17, 15) is 14.9 Å². The van der Waals surface area contributed by atoms with Crippen LogP contribution in [0.3, 0.4) is 0 Å². The second-order valence-corrected chi connectivity index (χ2v) is 5.23. The molecule has 0 spiro atoms. The zero-order valence-electron chi connectivity index (χ0n) is 9.39. The third kappa shape index (κ3) is 3.78. The van der Waals surface area contributed by atoms with Crippen molar-refractivity contribution in [3.63, 3.8) is 0 Å². The lowest BCUT2D eigenvalue weighted by Crippen LogP contribution is -2.32. The molecule has 1 rings (SSSR count). The Hall–Kier alpha value is -0.950. The molecule has 0 saturated carbocycles. The summed E-state index contributed by atoms with van der Waals surface area (Å²) in [6.45, 7) is 3.26. The van der Waals surface area contributed by atoms with Gasteiger partial charge in [0.15, 0.2) is 0 Å². The third-order valence-corrected chi connectivity index (χ3v) is 3.50. The van der Waals surface area contributed by atoms with E-state index in [-0.39, 0.29) is 10.9 Å². The van der Waals surface area contributed by atoms with Crippen LogP contribution >= 0.6 is 27.3 Å². The first-order chi connectivity index (χ1) is 8.10. The predicted octanol–water partition coefficient (Wildman–Crippen LogP) is 2.90. The fraction of sp³-hybridized carbons (Fsp3) is 0.500. The summed E-state index contributed by atoms with van der Waals surface area (Å²) in [6, 6.07) is 2.89. The van der Waals surface area contributed by atoms with E-state index in [0.717, 1.165) is 17.8 Å². The minimum absolute atomic E-state index is 0.00337. The van der Waals surface area contributed by atoms with Gasteiger partial charge in [-0.25, -0.2) is 0 Å². The Balaban J connectivity index is 2.81. The minimum Gasteiger partial charge on any atom is -0.337 e. The maximum Gasteiger partial charge on any atom is 0.324 e. The number of nitrogens with zero attached hydrogens (tertiary/aromatic N) is 2. The Morgan fingerprint density at radius 1 is 1.53 bits per heavy atom. The van der Waals surface area contributed by atoms with Gasteiger partial charge in [-0.3, -0.25) is 14.9 Å². The second kappa shape index (κ2) is 6.70. The Kier molecular flexibility index (Phi) is 5.57. The van der Waals surface area contributed by atoms with Gasteiger partial charge in [0, 0.05) is 24.5 Å². The average Bonchev–Trinajstić information content (AvgIpc) is 2.77. The van der Waals surface area contributed by atoms with Crippen molar-refractivity contribution in [1.29, 1.82) is 0 Å². The van der Waals surface area contributed by atoms with Crippen LogP contribution in [0.1, 0.15) is 23.0 Å². The first kappa shape index (κ1) is 14.1. The predicted molar refractivity (Wildman–Crippen MR) is 71.0 cm³/mol. The van der Waals surface area contributed by atoms with Gasteiger partial charge in [-0.15, -0.1) is 0 Å². The highest BCUT2D eigenvalue weighted by Crippen LogP contribution is 2.25. The number of carbonyl (C=O) groups is 1. The Morgan fingerprint density at radius 2 is 2.24 bits per heavy atom. The van der Waals surface area contributed by atoms with Crippen LogP contribution in [-0.4, -0.2) is 34.2 Å². The summed E-state index contributed by atoms with van der Waals surface area (Å²) >= 11 is 4.21. The van der Waals surface area contributed by atoms with Crippen LogP contribution < -0.4 is 0 Å². The molecule has 0 aliphatic heterocycles. The molecule has 0 bridgehead atoms. The highest BCUT2D eigenvalue weighted by atomic mass is 79.9. The highest BCUT2D eigenvalue weighted by Gasteiger charge is 2.19. The summed E-state index contributed by atoms with van der Waals surface area (Å²) < 4.78 is 0. The zero-order chi connectivity index (χ0) is 12.8. The van der Waals surface area contributed by atoms with E-state index in [4.69, 9.17) is 0 Å². The van der Waals surface area contributed by atoms with Gasteiger partial charge in [0.05, 0.1) is 9.80 Å². The Bertz CT molecular complexity index is 402. The molecule has 0 fully saturated rings. The summed E-state index contributed by atoms with van der Waals surface area (Å²) in [5.74, 6) is -0.135. The van der Waals surface area contributed by atoms with Crippen LogP contribution in [0.4, 0.5) is 5.00 Å². The molecule has 0 aromatic carbocycles. The summed E-state index contributed by atoms with van der Waals surface area (Å²) in [5.41, 5.74) is 0. The van der Waals surface area contributed by atoms with E-state index in [1.165, 1.54) is 12.1 Å². The largest absolute Gasteiger partial charge is 0.337 e. The number of alkyl halides is 1. The fourth-order valence-electron chi connectivity index (χ4n) is 1.38. The summed E-state index contributed by atoms with van der Waals surface area (Å²) in [7, 11) is 0. The molecule has 0 aliphatic rings. The van der Waals surface area contributed by atoms with E-state index in [1.807, 2.05) is 6.92 Å². The van der Waals surface area contributed by atoms with Crippen LogP contribution in [0.25, 0.3) is 0 Å². The first-order valence-corrected chi connectivity index (χ1v) is 7.13. The van der Waals surface area contributed by atoms with Gasteiger partial charge < -0.3 is 4.90 Å². The van der Waals surface area contributed by atoms with Gasteiger partial charge in [-0.05, 0) is 12.5 Å². The van der Waals surface area contributed by atoms with Gasteiger partial charge in [0.25, 0.3) is 5.91 Å². The van der Waals surface area contributed by atoms with Crippen molar-refractivity contribution in [2.24, 2.45) is 0 Å². The summed E-state index contributed by atoms with van der Waals surface area (Å²) in [5, 5.41) is 11.2. The number of carbonyl (C=O) groups excluding carboxylic acids is 1. The average molecular weight is 321 g/mol. The van der Waals surface area contributed by atoms with E-state index >= 15 is 0 Å². The van der Waals surface area contributed by atoms with Crippen molar-refractivity contribution in [2.75, 3.05) is 18.4 Å². The van der Waals surface area contributed by atoms with Crippen molar-refractivity contribution in [3.05, 3.63) is 27.1 Å². The van der Waals surface area contributed by atoms with Gasteiger partial charge in [-0.2, -0.15) is 0 Å². The van der Waals surface area contributed by atoms with Crippen molar-refractivity contribution >= 4 is 38.2 Å². The number of amides is 1. The molecule has 5 nitrogen and oxygen atoms in total. The number of hydrogen-bond acceptors (Lipinski definition) is 4. The van der Waals surface area contributed by atoms with E-state index in [2.05, 4.69) is 15.9 Å². The molecule has 1 heterocycles. The maximum absolute atomic E-state index is 12.1. The molecule has 0 atom stereocenters. The molecule has 7 heteroatoms. The standard InChI is InChI=1S/C10H13BrN2O3S/c1-2-6-12(7-5-11)10(14)8-3-4-9(17-8)13(15)16/h3-4H,2,5-7H2,1H3. The number of thiophene rings is 1. The quantitative estimate of drug-likeness (QED) is 0.460. The third-order valence-electron chi connectivity index (χ3n) is 2.12. The molecule has 0 saturated heterocycles. The molecule has 0 aliphatic carbocycles. The van der Waals surface area contributed by atoms with Gasteiger partial charge >= 0.3 is 5.00 Å². The van der Waals surface area contributed by atoms with Crippen molar-refractivity contribution in [3.8, 4) is 0 Å². The van der Waals surface area contributed by atoms with E-state index in [1.54, 1.807) is 4.90 Å².